The summed E-state index contributed by atoms with van der Waals surface area (Å²) < 4.78 is 0. The van der Waals surface area contributed by atoms with Crippen LogP contribution >= 0.6 is 0 Å². The van der Waals surface area contributed by atoms with E-state index in [1.165, 1.54) is 128 Å². The van der Waals surface area contributed by atoms with Gasteiger partial charge in [0, 0.05) is 0 Å². The van der Waals surface area contributed by atoms with Gasteiger partial charge < -0.3 is 0 Å². The Morgan fingerprint density at radius 2 is 0.200 bits per heavy atom. The van der Waals surface area contributed by atoms with E-state index in [0.717, 1.165) is 20.9 Å². The van der Waals surface area contributed by atoms with Gasteiger partial charge in [-0.2, -0.15) is 0 Å². The van der Waals surface area contributed by atoms with E-state index in [2.05, 4.69) is 316 Å². The molecule has 14 aromatic carbocycles. The smallest absolute Gasteiger partial charge is 0.00987 e. The summed E-state index contributed by atoms with van der Waals surface area (Å²) in [5.74, 6) is 0. The number of rotatable bonds is 0. The number of hydrogen-bond donors (Lipinski definition) is 0. The molecule has 4 aliphatic carbocycles. The highest BCUT2D eigenvalue weighted by Crippen LogP contribution is 2.19. The maximum atomic E-state index is 2.36. The largest absolute Gasteiger partial charge is 0.0616 e. The molecule has 372 valence electrons. The van der Waals surface area contributed by atoms with Crippen molar-refractivity contribution >= 4 is 159 Å². The van der Waals surface area contributed by atoms with Crippen LogP contribution in [-0.4, -0.2) is 0 Å². The molecular formula is C80H52. The lowest BCUT2D eigenvalue weighted by molar-refractivity contribution is 1.56. The van der Waals surface area contributed by atoms with Crippen molar-refractivity contribution in [2.24, 2.45) is 0 Å². The van der Waals surface area contributed by atoms with Gasteiger partial charge in [0.15, 0.2) is 0 Å². The highest BCUT2D eigenvalue weighted by atomic mass is 14.1. The zero-order valence-corrected chi connectivity index (χ0v) is 44.0. The Morgan fingerprint density at radius 1 is 0.100 bits per heavy atom. The van der Waals surface area contributed by atoms with Crippen molar-refractivity contribution in [3.8, 4) is 0 Å². The van der Waals surface area contributed by atoms with Gasteiger partial charge in [0.1, 0.15) is 0 Å². The number of hydrogen-bond acceptors (Lipinski definition) is 0. The van der Waals surface area contributed by atoms with Crippen LogP contribution in [-0.2, 0) is 0 Å². The van der Waals surface area contributed by atoms with E-state index in [4.69, 9.17) is 0 Å². The first kappa shape index (κ1) is 46.9. The average Bonchev–Trinajstić information content (AvgIpc) is 3.70. The van der Waals surface area contributed by atoms with Crippen LogP contribution in [0.15, 0.2) is 243 Å². The Balaban J connectivity index is 1.02. The molecule has 0 radical (unpaired) electrons. The zero-order chi connectivity index (χ0) is 52.9. The Morgan fingerprint density at radius 3 is 0.312 bits per heavy atom. The molecule has 0 nitrogen and oxygen atoms in total. The zero-order valence-electron chi connectivity index (χ0n) is 44.0. The summed E-state index contributed by atoms with van der Waals surface area (Å²) in [4.78, 5) is 0. The van der Waals surface area contributed by atoms with Gasteiger partial charge in [0.2, 0.25) is 0 Å². The van der Waals surface area contributed by atoms with E-state index in [1.54, 1.807) is 0 Å². The van der Waals surface area contributed by atoms with Crippen LogP contribution in [0.3, 0.4) is 0 Å². The van der Waals surface area contributed by atoms with Gasteiger partial charge in [0.05, 0.1) is 0 Å². The molecule has 0 saturated carbocycles. The quantitative estimate of drug-likeness (QED) is 0.133. The van der Waals surface area contributed by atoms with E-state index in [0.29, 0.717) is 0 Å². The van der Waals surface area contributed by atoms with Crippen LogP contribution in [0.1, 0.15) is 0 Å². The predicted molar refractivity (Wildman–Crippen MR) is 348 cm³/mol. The Hall–Kier alpha value is -10.4. The topological polar surface area (TPSA) is 0 Å². The summed E-state index contributed by atoms with van der Waals surface area (Å²) >= 11 is 0. The molecule has 80 heavy (non-hydrogen) atoms. The molecular weight excluding hydrogens is 961 g/mol. The lowest BCUT2D eigenvalue weighted by atomic mass is 9.95. The Labute approximate surface area is 461 Å². The molecule has 0 amide bonds. The second kappa shape index (κ2) is 19.9. The van der Waals surface area contributed by atoms with Crippen LogP contribution in [0.4, 0.5) is 0 Å². The first-order chi connectivity index (χ1) is 39.7. The van der Waals surface area contributed by atoms with Crippen molar-refractivity contribution in [3.63, 3.8) is 0 Å². The fourth-order valence-electron chi connectivity index (χ4n) is 12.7. The molecule has 0 heteroatoms. The number of fused-ring (bicyclic) bond motifs is 4. The summed E-state index contributed by atoms with van der Waals surface area (Å²) in [6.45, 7) is 0. The molecule has 0 heterocycles. The molecule has 0 saturated heterocycles. The van der Waals surface area contributed by atoms with Gasteiger partial charge in [0.25, 0.3) is 0 Å². The second-order valence-electron chi connectivity index (χ2n) is 21.0. The molecule has 0 aliphatic heterocycles. The first-order valence-corrected chi connectivity index (χ1v) is 27.7. The van der Waals surface area contributed by atoms with E-state index in [-0.39, 0.29) is 0 Å². The third-order valence-corrected chi connectivity index (χ3v) is 16.5. The van der Waals surface area contributed by atoms with E-state index in [9.17, 15) is 0 Å². The van der Waals surface area contributed by atoms with Crippen molar-refractivity contribution in [2.45, 2.75) is 0 Å². The molecule has 0 fully saturated rings. The van der Waals surface area contributed by atoms with Gasteiger partial charge in [-0.25, -0.2) is 0 Å². The van der Waals surface area contributed by atoms with Crippen molar-refractivity contribution in [2.75, 3.05) is 0 Å². The lowest BCUT2D eigenvalue weighted by Crippen LogP contribution is -2.17. The monoisotopic (exact) mass is 1010 g/mol. The molecule has 0 unspecified atom stereocenters. The third-order valence-electron chi connectivity index (χ3n) is 16.5. The number of benzene rings is 14. The summed E-state index contributed by atoms with van der Waals surface area (Å²) in [6, 6.07) is 89.0. The highest BCUT2D eigenvalue weighted by Gasteiger charge is 2.10. The maximum absolute atomic E-state index is 2.36. The van der Waals surface area contributed by atoms with E-state index in [1.807, 2.05) is 0 Å². The summed E-state index contributed by atoms with van der Waals surface area (Å²) in [5, 5.41) is 34.0. The van der Waals surface area contributed by atoms with Crippen molar-refractivity contribution < 1.29 is 0 Å². The van der Waals surface area contributed by atoms with Crippen molar-refractivity contribution in [1.82, 2.24) is 0 Å². The predicted octanol–water partition coefficient (Wildman–Crippen LogP) is 10.8. The van der Waals surface area contributed by atoms with Gasteiger partial charge in [-0.1, -0.05) is 316 Å². The lowest BCUT2D eigenvalue weighted by Gasteiger charge is -2.08. The molecule has 0 aromatic heterocycles. The highest BCUT2D eigenvalue weighted by molar-refractivity contribution is 6.08. The van der Waals surface area contributed by atoms with Gasteiger partial charge in [-0.3, -0.25) is 0 Å². The SMILES string of the molecule is C1=c2ccc(cc2)=CC=c2c3ccccc3c(c3ccccc23)=CC=c2c3ccccc3c(c3ccccc23)=CC=c2ccc(cc2)=CC=c2c3ccccc3c(c3ccccc23)=CC=c2c3ccccc3c(c3ccccc23)=C1. The maximum Gasteiger partial charge on any atom is -0.00987 e. The Bertz CT molecular complexity index is 4760. The molecule has 12 bridgehead atoms. The molecule has 14 aromatic rings. The van der Waals surface area contributed by atoms with Crippen molar-refractivity contribution in [1.29, 1.82) is 0 Å². The van der Waals surface area contributed by atoms with Crippen LogP contribution in [0.2, 0.25) is 0 Å². The van der Waals surface area contributed by atoms with Crippen LogP contribution in [0.5, 0.6) is 0 Å². The second-order valence-corrected chi connectivity index (χ2v) is 21.0. The molecule has 18 rings (SSSR count). The average molecular weight is 1010 g/mol. The fraction of sp³-hybridized carbons (Fsp3) is 0. The minimum absolute atomic E-state index is 1.15. The summed E-state index contributed by atoms with van der Waals surface area (Å²) in [7, 11) is 0. The van der Waals surface area contributed by atoms with Crippen LogP contribution < -0.4 is 62.6 Å². The standard InChI is InChI=1S/C80H52/c1-9-25-65-57(17-1)73-45-41-53-33-35-54(36-34-53)42-46-75-61-21-5-13-29-69(61)79(70-30-14-6-22-62(70)75)51-52-80-71-31-15-7-23-63(71)76(64-24-8-16-32-72(64)80)48-44-56-39-37-55(38-40-56)43-47-74-59-19-3-11-27-67(59)78(68-28-12-4-20-60(68)74)50-49-77(65)66-26-10-2-18-58(66)73/h1-52H. The van der Waals surface area contributed by atoms with Gasteiger partial charge >= 0.3 is 0 Å². The minimum atomic E-state index is 1.15. The summed E-state index contributed by atoms with van der Waals surface area (Å²) in [6.07, 6.45) is 27.7. The molecule has 0 N–H and O–H groups in total. The van der Waals surface area contributed by atoms with Gasteiger partial charge in [-0.05, 0) is 149 Å². The van der Waals surface area contributed by atoms with Crippen LogP contribution in [0, 0.1) is 0 Å². The molecule has 0 atom stereocenters. The normalized spacial score (nSPS) is 12.7. The summed E-state index contributed by atoms with van der Waals surface area (Å²) in [5.41, 5.74) is 0. The van der Waals surface area contributed by atoms with E-state index >= 15 is 0 Å². The van der Waals surface area contributed by atoms with Gasteiger partial charge in [-0.15, -0.1) is 0 Å². The van der Waals surface area contributed by atoms with E-state index < -0.39 is 0 Å². The third kappa shape index (κ3) is 8.17. The Kier molecular flexibility index (Phi) is 11.6. The minimum Gasteiger partial charge on any atom is -0.0616 e. The molecule has 0 spiro atoms. The molecule has 4 aliphatic rings. The fourth-order valence-corrected chi connectivity index (χ4v) is 12.7. The van der Waals surface area contributed by atoms with Crippen molar-refractivity contribution in [3.05, 3.63) is 305 Å². The first-order valence-electron chi connectivity index (χ1n) is 27.7. The van der Waals surface area contributed by atoms with Crippen LogP contribution in [0.25, 0.3) is 159 Å².